The Morgan fingerprint density at radius 1 is 0.935 bits per heavy atom. The monoisotopic (exact) mass is 413 g/mol. The normalized spacial score (nSPS) is 16.8. The average molecular weight is 414 g/mol. The van der Waals surface area contributed by atoms with E-state index in [0.29, 0.717) is 24.0 Å². The molecule has 158 valence electrons. The number of benzene rings is 2. The van der Waals surface area contributed by atoms with Crippen LogP contribution in [-0.2, 0) is 13.0 Å². The van der Waals surface area contributed by atoms with Crippen molar-refractivity contribution in [3.8, 4) is 0 Å². The molecular weight excluding hydrogens is 386 g/mol. The Morgan fingerprint density at radius 2 is 1.74 bits per heavy atom. The first kappa shape index (κ1) is 19.8. The molecule has 0 N–H and O–H groups in total. The largest absolute Gasteiger partial charge is 0.346 e. The predicted octanol–water partition coefficient (Wildman–Crippen LogP) is 3.42. The maximum Gasteiger partial charge on any atom is 0.259 e. The molecule has 2 aliphatic rings. The summed E-state index contributed by atoms with van der Waals surface area (Å²) in [7, 11) is 0. The fraction of sp³-hybridized carbons (Fsp3) is 0.308. The minimum Gasteiger partial charge on any atom is -0.346 e. The Balaban J connectivity index is 1.28. The molecule has 0 bridgehead atoms. The lowest BCUT2D eigenvalue weighted by molar-refractivity contribution is 0.0648. The topological polar surface area (TPSA) is 45.6 Å². The van der Waals surface area contributed by atoms with Crippen molar-refractivity contribution < 1.29 is 4.79 Å². The number of nitrogens with zero attached hydrogens (tertiary/aromatic N) is 3. The molecule has 1 amide bonds. The number of hydrogen-bond donors (Lipinski definition) is 0. The van der Waals surface area contributed by atoms with Crippen LogP contribution in [0.15, 0.2) is 65.6 Å². The molecule has 0 saturated carbocycles. The van der Waals surface area contributed by atoms with Gasteiger partial charge in [-0.1, -0.05) is 54.6 Å². The molecule has 5 heteroatoms. The summed E-state index contributed by atoms with van der Waals surface area (Å²) in [5.41, 5.74) is 3.58. The first-order chi connectivity index (χ1) is 15.2. The van der Waals surface area contributed by atoms with Gasteiger partial charge in [0.1, 0.15) is 5.56 Å². The van der Waals surface area contributed by atoms with Crippen LogP contribution in [0.3, 0.4) is 0 Å². The second-order valence-electron chi connectivity index (χ2n) is 8.39. The van der Waals surface area contributed by atoms with Gasteiger partial charge in [0.05, 0.1) is 5.52 Å². The average Bonchev–Trinajstić information content (AvgIpc) is 2.82. The molecule has 2 aliphatic heterocycles. The van der Waals surface area contributed by atoms with Crippen LogP contribution in [0.2, 0.25) is 0 Å². The number of carbonyl (C=O) groups is 1. The molecule has 3 heterocycles. The van der Waals surface area contributed by atoms with E-state index >= 15 is 0 Å². The third-order valence-corrected chi connectivity index (χ3v) is 6.39. The molecule has 0 unspecified atom stereocenters. The molecule has 5 rings (SSSR count). The van der Waals surface area contributed by atoms with Gasteiger partial charge < -0.3 is 9.47 Å². The third-order valence-electron chi connectivity index (χ3n) is 6.39. The number of piperazine rings is 1. The van der Waals surface area contributed by atoms with Crippen LogP contribution in [0.5, 0.6) is 0 Å². The Bertz CT molecular complexity index is 1190. The van der Waals surface area contributed by atoms with E-state index in [2.05, 4.69) is 39.8 Å². The highest BCUT2D eigenvalue weighted by Gasteiger charge is 2.25. The first-order valence-electron chi connectivity index (χ1n) is 11.1. The number of pyridine rings is 1. The molecule has 0 aliphatic carbocycles. The fourth-order valence-corrected chi connectivity index (χ4v) is 4.71. The van der Waals surface area contributed by atoms with Crippen molar-refractivity contribution in [1.29, 1.82) is 0 Å². The Hall–Kier alpha value is -3.18. The molecular formula is C26H27N3O2. The van der Waals surface area contributed by atoms with Gasteiger partial charge in [0, 0.05) is 50.9 Å². The van der Waals surface area contributed by atoms with Gasteiger partial charge >= 0.3 is 0 Å². The molecule has 0 spiro atoms. The summed E-state index contributed by atoms with van der Waals surface area (Å²) in [5, 5.41) is 0.674. The van der Waals surface area contributed by atoms with Gasteiger partial charge in [-0.05, 0) is 30.0 Å². The van der Waals surface area contributed by atoms with Crippen LogP contribution in [0.25, 0.3) is 17.0 Å². The lowest BCUT2D eigenvalue weighted by Crippen LogP contribution is -2.49. The third kappa shape index (κ3) is 3.93. The SMILES string of the molecule is O=C(c1cn2c3c(cccc3c1=O)CCC2)N1CCN(C/C=C/c2ccccc2)CC1. The van der Waals surface area contributed by atoms with Crippen molar-refractivity contribution in [2.24, 2.45) is 0 Å². The predicted molar refractivity (Wildman–Crippen MR) is 124 cm³/mol. The molecule has 0 atom stereocenters. The first-order valence-corrected chi connectivity index (χ1v) is 11.1. The van der Waals surface area contributed by atoms with Gasteiger partial charge in [-0.15, -0.1) is 0 Å². The maximum absolute atomic E-state index is 13.2. The van der Waals surface area contributed by atoms with E-state index in [1.54, 1.807) is 6.20 Å². The summed E-state index contributed by atoms with van der Waals surface area (Å²) in [4.78, 5) is 30.5. The second-order valence-corrected chi connectivity index (χ2v) is 8.39. The summed E-state index contributed by atoms with van der Waals surface area (Å²) >= 11 is 0. The zero-order valence-corrected chi connectivity index (χ0v) is 17.7. The van der Waals surface area contributed by atoms with E-state index in [9.17, 15) is 9.59 Å². The highest BCUT2D eigenvalue weighted by Crippen LogP contribution is 2.24. The van der Waals surface area contributed by atoms with Gasteiger partial charge in [-0.3, -0.25) is 14.5 Å². The van der Waals surface area contributed by atoms with Crippen LogP contribution in [0, 0.1) is 0 Å². The molecule has 31 heavy (non-hydrogen) atoms. The highest BCUT2D eigenvalue weighted by molar-refractivity contribution is 5.98. The van der Waals surface area contributed by atoms with Crippen molar-refractivity contribution in [3.05, 3.63) is 87.7 Å². The Labute approximate surface area is 182 Å². The molecule has 3 aromatic rings. The van der Waals surface area contributed by atoms with Gasteiger partial charge in [0.25, 0.3) is 5.91 Å². The van der Waals surface area contributed by atoms with Crippen molar-refractivity contribution in [1.82, 2.24) is 14.4 Å². The highest BCUT2D eigenvalue weighted by atomic mass is 16.2. The van der Waals surface area contributed by atoms with E-state index in [1.807, 2.05) is 35.2 Å². The molecule has 1 saturated heterocycles. The molecule has 1 aromatic heterocycles. The molecule has 1 fully saturated rings. The number of hydrogen-bond acceptors (Lipinski definition) is 3. The fourth-order valence-electron chi connectivity index (χ4n) is 4.71. The zero-order chi connectivity index (χ0) is 21.2. The summed E-state index contributed by atoms with van der Waals surface area (Å²) in [6.07, 6.45) is 8.13. The number of rotatable bonds is 4. The number of para-hydroxylation sites is 1. The summed E-state index contributed by atoms with van der Waals surface area (Å²) in [5.74, 6) is -0.133. The smallest absolute Gasteiger partial charge is 0.259 e. The van der Waals surface area contributed by atoms with Crippen LogP contribution in [0.4, 0.5) is 0 Å². The second kappa shape index (κ2) is 8.52. The summed E-state index contributed by atoms with van der Waals surface area (Å²) < 4.78 is 2.10. The summed E-state index contributed by atoms with van der Waals surface area (Å²) in [6, 6.07) is 16.1. The minimum atomic E-state index is -0.133. The molecule has 5 nitrogen and oxygen atoms in total. The Morgan fingerprint density at radius 3 is 2.55 bits per heavy atom. The standard InChI is InChI=1S/C26H27N3O2/c30-25-22-12-4-10-21-11-6-14-29(24(21)22)19-23(25)26(31)28-17-15-27(16-18-28)13-5-9-20-7-2-1-3-8-20/h1-5,7-10,12,19H,6,11,13-18H2/b9-5+. The lowest BCUT2D eigenvalue weighted by atomic mass is 9.99. The van der Waals surface area contributed by atoms with Crippen molar-refractivity contribution >= 4 is 22.9 Å². The molecule has 0 radical (unpaired) electrons. The lowest BCUT2D eigenvalue weighted by Gasteiger charge is -2.34. The van der Waals surface area contributed by atoms with Gasteiger partial charge in [0.2, 0.25) is 5.43 Å². The minimum absolute atomic E-state index is 0.131. The quantitative estimate of drug-likeness (QED) is 0.658. The van der Waals surface area contributed by atoms with Gasteiger partial charge in [0.15, 0.2) is 0 Å². The van der Waals surface area contributed by atoms with Crippen molar-refractivity contribution in [3.63, 3.8) is 0 Å². The van der Waals surface area contributed by atoms with Crippen LogP contribution >= 0.6 is 0 Å². The molecule has 2 aromatic carbocycles. The van der Waals surface area contributed by atoms with Crippen LogP contribution in [0.1, 0.15) is 27.9 Å². The number of aromatic nitrogens is 1. The van der Waals surface area contributed by atoms with E-state index in [0.717, 1.165) is 44.5 Å². The van der Waals surface area contributed by atoms with Gasteiger partial charge in [-0.2, -0.15) is 0 Å². The van der Waals surface area contributed by atoms with E-state index < -0.39 is 0 Å². The van der Waals surface area contributed by atoms with Crippen LogP contribution < -0.4 is 5.43 Å². The van der Waals surface area contributed by atoms with E-state index in [-0.39, 0.29) is 11.3 Å². The Kier molecular flexibility index (Phi) is 5.43. The van der Waals surface area contributed by atoms with Crippen LogP contribution in [-0.4, -0.2) is 53.0 Å². The van der Waals surface area contributed by atoms with Crippen molar-refractivity contribution in [2.75, 3.05) is 32.7 Å². The maximum atomic E-state index is 13.2. The van der Waals surface area contributed by atoms with E-state index in [4.69, 9.17) is 0 Å². The van der Waals surface area contributed by atoms with Crippen molar-refractivity contribution in [2.45, 2.75) is 19.4 Å². The zero-order valence-electron chi connectivity index (χ0n) is 17.7. The van der Waals surface area contributed by atoms with E-state index in [1.165, 1.54) is 11.1 Å². The summed E-state index contributed by atoms with van der Waals surface area (Å²) in [6.45, 7) is 4.65. The number of amides is 1. The number of carbonyl (C=O) groups excluding carboxylic acids is 1. The van der Waals surface area contributed by atoms with Gasteiger partial charge in [-0.25, -0.2) is 0 Å². The number of aryl methyl sites for hydroxylation is 2.